The minimum Gasteiger partial charge on any atom is -0.356 e. The Morgan fingerprint density at radius 2 is 1.88 bits per heavy atom. The quantitative estimate of drug-likeness (QED) is 0.388. The highest BCUT2D eigenvalue weighted by molar-refractivity contribution is 5.81. The third-order valence-corrected chi connectivity index (χ3v) is 5.23. The monoisotopic (exact) mass is 367 g/mol. The zero-order valence-corrected chi connectivity index (χ0v) is 17.4. The van der Waals surface area contributed by atoms with E-state index in [1.807, 2.05) is 0 Å². The Hall–Kier alpha value is -1.30. The molecule has 152 valence electrons. The van der Waals surface area contributed by atoms with Crippen LogP contribution in [0.4, 0.5) is 0 Å². The summed E-state index contributed by atoms with van der Waals surface area (Å²) in [6, 6.07) is 0.757. The van der Waals surface area contributed by atoms with Crippen LogP contribution in [0.2, 0.25) is 0 Å². The summed E-state index contributed by atoms with van der Waals surface area (Å²) in [6.45, 7) is 10.6. The fraction of sp³-hybridized carbons (Fsp3) is 0.900. The molecule has 1 saturated carbocycles. The maximum Gasteiger partial charge on any atom is 0.221 e. The fourth-order valence-corrected chi connectivity index (χ4v) is 3.50. The normalized spacial score (nSPS) is 17.2. The van der Waals surface area contributed by atoms with Crippen LogP contribution in [0.5, 0.6) is 0 Å². The van der Waals surface area contributed by atoms with Gasteiger partial charge in [0.05, 0.1) is 0 Å². The summed E-state index contributed by atoms with van der Waals surface area (Å²) in [7, 11) is 1.78. The molecule has 3 N–H and O–H groups in total. The number of amides is 1. The Balaban J connectivity index is 2.16. The van der Waals surface area contributed by atoms with Crippen LogP contribution in [0.1, 0.15) is 72.1 Å². The number of nitrogens with one attached hydrogen (secondary N) is 3. The Labute approximate surface area is 160 Å². The van der Waals surface area contributed by atoms with Crippen LogP contribution in [0.25, 0.3) is 0 Å². The Bertz CT molecular complexity index is 403. The topological polar surface area (TPSA) is 68.8 Å². The maximum absolute atomic E-state index is 12.0. The Morgan fingerprint density at radius 3 is 2.50 bits per heavy atom. The van der Waals surface area contributed by atoms with E-state index in [2.05, 4.69) is 46.6 Å². The average molecular weight is 368 g/mol. The lowest BCUT2D eigenvalue weighted by Crippen LogP contribution is -2.44. The SMILES string of the molecule is CCN(CC)CCCC(C)NC(=NC)NCCC(=O)NC1CCCCC1. The number of hydrogen-bond donors (Lipinski definition) is 3. The first-order chi connectivity index (χ1) is 12.6. The molecule has 26 heavy (non-hydrogen) atoms. The molecular weight excluding hydrogens is 326 g/mol. The van der Waals surface area contributed by atoms with E-state index in [4.69, 9.17) is 0 Å². The van der Waals surface area contributed by atoms with Gasteiger partial charge in [-0.05, 0) is 52.2 Å². The summed E-state index contributed by atoms with van der Waals surface area (Å²) in [4.78, 5) is 18.8. The summed E-state index contributed by atoms with van der Waals surface area (Å²) in [5.74, 6) is 0.929. The minimum absolute atomic E-state index is 0.145. The molecule has 0 bridgehead atoms. The van der Waals surface area contributed by atoms with Crippen LogP contribution >= 0.6 is 0 Å². The van der Waals surface area contributed by atoms with Crippen molar-refractivity contribution in [1.82, 2.24) is 20.9 Å². The molecule has 1 unspecified atom stereocenters. The lowest BCUT2D eigenvalue weighted by molar-refractivity contribution is -0.121. The van der Waals surface area contributed by atoms with Crippen molar-refractivity contribution in [3.8, 4) is 0 Å². The van der Waals surface area contributed by atoms with Crippen LogP contribution in [0, 0.1) is 0 Å². The second-order valence-corrected chi connectivity index (χ2v) is 7.37. The van der Waals surface area contributed by atoms with Crippen LogP contribution < -0.4 is 16.0 Å². The maximum atomic E-state index is 12.0. The minimum atomic E-state index is 0.145. The number of hydrogen-bond acceptors (Lipinski definition) is 3. The summed E-state index contributed by atoms with van der Waals surface area (Å²) in [5, 5.41) is 9.83. The molecule has 0 spiro atoms. The van der Waals surface area contributed by atoms with Crippen LogP contribution in [-0.4, -0.2) is 62.1 Å². The number of guanidine groups is 1. The molecule has 0 radical (unpaired) electrons. The van der Waals surface area contributed by atoms with E-state index >= 15 is 0 Å². The zero-order chi connectivity index (χ0) is 19.2. The number of rotatable bonds is 11. The molecule has 0 heterocycles. The van der Waals surface area contributed by atoms with E-state index in [0.29, 0.717) is 25.0 Å². The number of aliphatic imine (C=N–C) groups is 1. The molecule has 0 aliphatic heterocycles. The van der Waals surface area contributed by atoms with Gasteiger partial charge in [-0.25, -0.2) is 0 Å². The van der Waals surface area contributed by atoms with Gasteiger partial charge in [-0.2, -0.15) is 0 Å². The molecule has 0 aromatic heterocycles. The van der Waals surface area contributed by atoms with Crippen LogP contribution in [-0.2, 0) is 4.79 Å². The zero-order valence-electron chi connectivity index (χ0n) is 17.4. The van der Waals surface area contributed by atoms with Gasteiger partial charge in [0.15, 0.2) is 5.96 Å². The molecule has 1 fully saturated rings. The van der Waals surface area contributed by atoms with Crippen molar-refractivity contribution in [2.75, 3.05) is 33.2 Å². The van der Waals surface area contributed by atoms with Crippen molar-refractivity contribution in [2.24, 2.45) is 4.99 Å². The lowest BCUT2D eigenvalue weighted by Gasteiger charge is -2.23. The second-order valence-electron chi connectivity index (χ2n) is 7.37. The third kappa shape index (κ3) is 10.00. The predicted molar refractivity (Wildman–Crippen MR) is 111 cm³/mol. The second kappa shape index (κ2) is 13.8. The van der Waals surface area contributed by atoms with Gasteiger partial charge in [0, 0.05) is 32.1 Å². The van der Waals surface area contributed by atoms with Gasteiger partial charge >= 0.3 is 0 Å². The van der Waals surface area contributed by atoms with Gasteiger partial charge in [0.2, 0.25) is 5.91 Å². The standard InChI is InChI=1S/C20H41N5O/c1-5-25(6-2)16-10-11-17(3)23-20(21-4)22-15-14-19(26)24-18-12-8-7-9-13-18/h17-18H,5-16H2,1-4H3,(H,24,26)(H2,21,22,23). The highest BCUT2D eigenvalue weighted by atomic mass is 16.1. The summed E-state index contributed by atoms with van der Waals surface area (Å²) < 4.78 is 0. The summed E-state index contributed by atoms with van der Waals surface area (Å²) in [5.41, 5.74) is 0. The molecule has 0 aromatic rings. The van der Waals surface area contributed by atoms with Crippen molar-refractivity contribution in [2.45, 2.75) is 84.2 Å². The van der Waals surface area contributed by atoms with Crippen molar-refractivity contribution < 1.29 is 4.79 Å². The molecule has 0 aromatic carbocycles. The van der Waals surface area contributed by atoms with E-state index in [-0.39, 0.29) is 5.91 Å². The highest BCUT2D eigenvalue weighted by Gasteiger charge is 2.15. The smallest absolute Gasteiger partial charge is 0.221 e. The molecule has 1 aliphatic rings. The van der Waals surface area contributed by atoms with E-state index in [0.717, 1.165) is 44.9 Å². The number of carbonyl (C=O) groups is 1. The average Bonchev–Trinajstić information content (AvgIpc) is 2.65. The highest BCUT2D eigenvalue weighted by Crippen LogP contribution is 2.17. The van der Waals surface area contributed by atoms with E-state index in [9.17, 15) is 4.79 Å². The van der Waals surface area contributed by atoms with Crippen molar-refractivity contribution in [3.05, 3.63) is 0 Å². The first kappa shape index (κ1) is 22.7. The lowest BCUT2D eigenvalue weighted by atomic mass is 9.95. The summed E-state index contributed by atoms with van der Waals surface area (Å²) >= 11 is 0. The molecule has 6 nitrogen and oxygen atoms in total. The van der Waals surface area contributed by atoms with E-state index in [1.165, 1.54) is 25.7 Å². The Morgan fingerprint density at radius 1 is 1.19 bits per heavy atom. The largest absolute Gasteiger partial charge is 0.356 e. The van der Waals surface area contributed by atoms with Gasteiger partial charge in [0.25, 0.3) is 0 Å². The van der Waals surface area contributed by atoms with Crippen LogP contribution in [0.15, 0.2) is 4.99 Å². The van der Waals surface area contributed by atoms with Crippen LogP contribution in [0.3, 0.4) is 0 Å². The molecule has 1 amide bonds. The molecule has 1 aliphatic carbocycles. The van der Waals surface area contributed by atoms with Crippen molar-refractivity contribution >= 4 is 11.9 Å². The van der Waals surface area contributed by atoms with Gasteiger partial charge in [0.1, 0.15) is 0 Å². The summed E-state index contributed by atoms with van der Waals surface area (Å²) in [6.07, 6.45) is 8.84. The van der Waals surface area contributed by atoms with Gasteiger partial charge in [-0.1, -0.05) is 33.1 Å². The van der Waals surface area contributed by atoms with Crippen molar-refractivity contribution in [1.29, 1.82) is 0 Å². The third-order valence-electron chi connectivity index (χ3n) is 5.23. The number of nitrogens with zero attached hydrogens (tertiary/aromatic N) is 2. The van der Waals surface area contributed by atoms with E-state index in [1.54, 1.807) is 7.05 Å². The van der Waals surface area contributed by atoms with Gasteiger partial charge in [-0.15, -0.1) is 0 Å². The molecule has 6 heteroatoms. The first-order valence-corrected chi connectivity index (χ1v) is 10.6. The molecule has 0 saturated heterocycles. The molecule has 1 rings (SSSR count). The first-order valence-electron chi connectivity index (χ1n) is 10.6. The van der Waals surface area contributed by atoms with Gasteiger partial charge < -0.3 is 20.9 Å². The fourth-order valence-electron chi connectivity index (χ4n) is 3.50. The van der Waals surface area contributed by atoms with Gasteiger partial charge in [-0.3, -0.25) is 9.79 Å². The predicted octanol–water partition coefficient (Wildman–Crippen LogP) is 2.50. The molecular formula is C20H41N5O. The van der Waals surface area contributed by atoms with E-state index < -0.39 is 0 Å². The number of carbonyl (C=O) groups excluding carboxylic acids is 1. The molecule has 1 atom stereocenters. The van der Waals surface area contributed by atoms with Crippen molar-refractivity contribution in [3.63, 3.8) is 0 Å². The Kier molecular flexibility index (Phi) is 12.1.